The summed E-state index contributed by atoms with van der Waals surface area (Å²) in [4.78, 5) is 2.25. The maximum Gasteiger partial charge on any atom is 0.153 e. The van der Waals surface area contributed by atoms with Gasteiger partial charge in [-0.2, -0.15) is 0 Å². The highest BCUT2D eigenvalue weighted by molar-refractivity contribution is 7.91. The first-order valence-electron chi connectivity index (χ1n) is 4.53. The fourth-order valence-corrected chi connectivity index (χ4v) is 3.43. The van der Waals surface area contributed by atoms with Gasteiger partial charge in [0.05, 0.1) is 11.5 Å². The van der Waals surface area contributed by atoms with Crippen molar-refractivity contribution in [2.75, 3.05) is 24.6 Å². The van der Waals surface area contributed by atoms with Crippen molar-refractivity contribution in [2.45, 2.75) is 26.3 Å². The molecule has 0 aromatic carbocycles. The Morgan fingerprint density at radius 2 is 2.08 bits per heavy atom. The highest BCUT2D eigenvalue weighted by Gasteiger charge is 2.28. The predicted octanol–water partition coefficient (Wildman–Crippen LogP) is 0.515. The van der Waals surface area contributed by atoms with E-state index >= 15 is 0 Å². The first-order valence-corrected chi connectivity index (χ1v) is 6.35. The van der Waals surface area contributed by atoms with Crippen LogP contribution in [0.1, 0.15) is 20.3 Å². The van der Waals surface area contributed by atoms with Crippen molar-refractivity contribution in [1.29, 1.82) is 0 Å². The quantitative estimate of drug-likeness (QED) is 0.638. The van der Waals surface area contributed by atoms with Gasteiger partial charge in [-0.25, -0.2) is 8.42 Å². The van der Waals surface area contributed by atoms with Crippen LogP contribution >= 0.6 is 0 Å². The third-order valence-corrected chi connectivity index (χ3v) is 4.23. The van der Waals surface area contributed by atoms with Crippen LogP contribution in [0.2, 0.25) is 0 Å². The molecule has 12 heavy (non-hydrogen) atoms. The van der Waals surface area contributed by atoms with E-state index in [4.69, 9.17) is 0 Å². The monoisotopic (exact) mass is 191 g/mol. The SMILES string of the molecule is CCC1CS(=O)(=O)CCN1CC. The molecule has 0 saturated carbocycles. The number of hydrogen-bond donors (Lipinski definition) is 0. The van der Waals surface area contributed by atoms with Crippen molar-refractivity contribution >= 4 is 9.84 Å². The second kappa shape index (κ2) is 3.75. The van der Waals surface area contributed by atoms with Gasteiger partial charge in [-0.3, -0.25) is 4.90 Å². The lowest BCUT2D eigenvalue weighted by Gasteiger charge is -2.33. The molecule has 72 valence electrons. The smallest absolute Gasteiger partial charge is 0.153 e. The summed E-state index contributed by atoms with van der Waals surface area (Å²) in [6, 6.07) is 0.258. The minimum absolute atomic E-state index is 0.258. The molecule has 0 bridgehead atoms. The molecule has 1 aliphatic rings. The van der Waals surface area contributed by atoms with E-state index in [0.29, 0.717) is 11.5 Å². The Bertz CT molecular complexity index is 235. The third kappa shape index (κ3) is 2.20. The van der Waals surface area contributed by atoms with Gasteiger partial charge in [-0.15, -0.1) is 0 Å². The molecule has 1 saturated heterocycles. The number of rotatable bonds is 2. The molecule has 3 nitrogen and oxygen atoms in total. The molecule has 1 fully saturated rings. The summed E-state index contributed by atoms with van der Waals surface area (Å²) < 4.78 is 22.5. The summed E-state index contributed by atoms with van der Waals surface area (Å²) in [6.07, 6.45) is 0.938. The van der Waals surface area contributed by atoms with Gasteiger partial charge in [-0.05, 0) is 13.0 Å². The standard InChI is InChI=1S/C8H17NO2S/c1-3-8-7-12(10,11)6-5-9(8)4-2/h8H,3-7H2,1-2H3. The summed E-state index contributed by atoms with van der Waals surface area (Å²) in [7, 11) is -2.73. The second-order valence-corrected chi connectivity index (χ2v) is 5.53. The van der Waals surface area contributed by atoms with Gasteiger partial charge < -0.3 is 0 Å². The Morgan fingerprint density at radius 1 is 1.42 bits per heavy atom. The van der Waals surface area contributed by atoms with Crippen molar-refractivity contribution in [3.8, 4) is 0 Å². The summed E-state index contributed by atoms with van der Waals surface area (Å²) in [6.45, 7) is 5.82. The Labute approximate surface area is 74.7 Å². The molecule has 0 N–H and O–H groups in total. The van der Waals surface area contributed by atoms with Crippen LogP contribution in [0.15, 0.2) is 0 Å². The van der Waals surface area contributed by atoms with Crippen LogP contribution in [-0.2, 0) is 9.84 Å². The van der Waals surface area contributed by atoms with E-state index in [1.54, 1.807) is 0 Å². The minimum atomic E-state index is -2.73. The zero-order valence-electron chi connectivity index (χ0n) is 7.78. The van der Waals surface area contributed by atoms with Crippen molar-refractivity contribution < 1.29 is 8.42 Å². The maximum absolute atomic E-state index is 11.3. The van der Waals surface area contributed by atoms with Gasteiger partial charge in [0.25, 0.3) is 0 Å². The van der Waals surface area contributed by atoms with Crippen molar-refractivity contribution in [1.82, 2.24) is 4.90 Å². The largest absolute Gasteiger partial charge is 0.299 e. The summed E-state index contributed by atoms with van der Waals surface area (Å²) in [5.74, 6) is 0.703. The zero-order chi connectivity index (χ0) is 9.19. The van der Waals surface area contributed by atoms with E-state index in [0.717, 1.165) is 19.5 Å². The van der Waals surface area contributed by atoms with Crippen LogP contribution in [0.25, 0.3) is 0 Å². The molecule has 4 heteroatoms. The molecule has 0 radical (unpaired) electrons. The molecule has 1 rings (SSSR count). The molecule has 0 aliphatic carbocycles. The predicted molar refractivity (Wildman–Crippen MR) is 50.0 cm³/mol. The Kier molecular flexibility index (Phi) is 3.12. The van der Waals surface area contributed by atoms with Crippen LogP contribution < -0.4 is 0 Å². The molecule has 0 amide bonds. The van der Waals surface area contributed by atoms with E-state index in [9.17, 15) is 8.42 Å². The van der Waals surface area contributed by atoms with E-state index in [-0.39, 0.29) is 6.04 Å². The van der Waals surface area contributed by atoms with Gasteiger partial charge in [0.1, 0.15) is 0 Å². The van der Waals surface area contributed by atoms with E-state index in [1.807, 2.05) is 6.92 Å². The summed E-state index contributed by atoms with van der Waals surface area (Å²) in [5, 5.41) is 0. The lowest BCUT2D eigenvalue weighted by Crippen LogP contribution is -2.47. The molecule has 1 aliphatic heterocycles. The summed E-state index contributed by atoms with van der Waals surface area (Å²) in [5.41, 5.74) is 0. The Balaban J connectivity index is 2.66. The average molecular weight is 191 g/mol. The number of sulfone groups is 1. The van der Waals surface area contributed by atoms with Crippen LogP contribution in [0.5, 0.6) is 0 Å². The topological polar surface area (TPSA) is 37.4 Å². The molecule has 1 unspecified atom stereocenters. The average Bonchev–Trinajstić information content (AvgIpc) is 2.03. The highest BCUT2D eigenvalue weighted by atomic mass is 32.2. The Morgan fingerprint density at radius 3 is 2.58 bits per heavy atom. The first kappa shape index (κ1) is 9.99. The second-order valence-electron chi connectivity index (χ2n) is 3.31. The zero-order valence-corrected chi connectivity index (χ0v) is 8.60. The molecule has 1 heterocycles. The summed E-state index contributed by atoms with van der Waals surface area (Å²) >= 11 is 0. The molecule has 1 atom stereocenters. The molecule has 0 aromatic rings. The van der Waals surface area contributed by atoms with Gasteiger partial charge in [0, 0.05) is 12.6 Å². The van der Waals surface area contributed by atoms with Crippen LogP contribution in [0, 0.1) is 0 Å². The number of hydrogen-bond acceptors (Lipinski definition) is 3. The van der Waals surface area contributed by atoms with Gasteiger partial charge in [-0.1, -0.05) is 13.8 Å². The van der Waals surface area contributed by atoms with Gasteiger partial charge in [0.2, 0.25) is 0 Å². The van der Waals surface area contributed by atoms with E-state index < -0.39 is 9.84 Å². The van der Waals surface area contributed by atoms with Gasteiger partial charge in [0.15, 0.2) is 9.84 Å². The molecule has 0 aromatic heterocycles. The fraction of sp³-hybridized carbons (Fsp3) is 1.00. The normalized spacial score (nSPS) is 30.3. The third-order valence-electron chi connectivity index (χ3n) is 2.53. The van der Waals surface area contributed by atoms with Crippen LogP contribution in [-0.4, -0.2) is 44.0 Å². The maximum atomic E-state index is 11.3. The molecular formula is C8H17NO2S. The van der Waals surface area contributed by atoms with E-state index in [1.165, 1.54) is 0 Å². The van der Waals surface area contributed by atoms with Crippen LogP contribution in [0.3, 0.4) is 0 Å². The lowest BCUT2D eigenvalue weighted by atomic mass is 10.2. The fourth-order valence-electron chi connectivity index (χ4n) is 1.71. The van der Waals surface area contributed by atoms with E-state index in [2.05, 4.69) is 11.8 Å². The number of nitrogens with zero attached hydrogens (tertiary/aromatic N) is 1. The molecular weight excluding hydrogens is 174 g/mol. The van der Waals surface area contributed by atoms with Crippen LogP contribution in [0.4, 0.5) is 0 Å². The van der Waals surface area contributed by atoms with Gasteiger partial charge >= 0.3 is 0 Å². The van der Waals surface area contributed by atoms with Crippen molar-refractivity contribution in [3.63, 3.8) is 0 Å². The lowest BCUT2D eigenvalue weighted by molar-refractivity contribution is 0.219. The minimum Gasteiger partial charge on any atom is -0.299 e. The highest BCUT2D eigenvalue weighted by Crippen LogP contribution is 2.13. The first-order chi connectivity index (χ1) is 5.59. The van der Waals surface area contributed by atoms with Crippen molar-refractivity contribution in [3.05, 3.63) is 0 Å². The molecule has 0 spiro atoms. The Hall–Kier alpha value is -0.0900. The van der Waals surface area contributed by atoms with Crippen molar-refractivity contribution in [2.24, 2.45) is 0 Å².